The number of carbonyl (C=O) groups excluding carboxylic acids is 1. The fourth-order valence-corrected chi connectivity index (χ4v) is 3.08. The highest BCUT2D eigenvalue weighted by Crippen LogP contribution is 2.27. The van der Waals surface area contributed by atoms with E-state index in [9.17, 15) is 14.3 Å². The van der Waals surface area contributed by atoms with Crippen molar-refractivity contribution < 1.29 is 14.3 Å². The lowest BCUT2D eigenvalue weighted by Gasteiger charge is -2.35. The summed E-state index contributed by atoms with van der Waals surface area (Å²) in [5.74, 6) is -0.368. The smallest absolute Gasteiger partial charge is 0.238 e. The van der Waals surface area contributed by atoms with Crippen molar-refractivity contribution >= 4 is 28.9 Å². The van der Waals surface area contributed by atoms with Gasteiger partial charge in [-0.25, -0.2) is 4.39 Å². The van der Waals surface area contributed by atoms with Gasteiger partial charge in [-0.1, -0.05) is 23.7 Å². The maximum atomic E-state index is 13.0. The van der Waals surface area contributed by atoms with E-state index in [1.165, 1.54) is 18.2 Å². The van der Waals surface area contributed by atoms with Crippen LogP contribution in [0.5, 0.6) is 5.75 Å². The Kier molecular flexibility index (Phi) is 5.40. The summed E-state index contributed by atoms with van der Waals surface area (Å²) in [4.78, 5) is 16.3. The van der Waals surface area contributed by atoms with Crippen LogP contribution in [0.3, 0.4) is 0 Å². The number of nitrogens with one attached hydrogen (secondary N) is 1. The van der Waals surface area contributed by atoms with E-state index in [-0.39, 0.29) is 23.2 Å². The van der Waals surface area contributed by atoms with Crippen LogP contribution in [-0.2, 0) is 4.79 Å². The first-order valence-electron chi connectivity index (χ1n) is 8.03. The van der Waals surface area contributed by atoms with Crippen molar-refractivity contribution in [3.63, 3.8) is 0 Å². The lowest BCUT2D eigenvalue weighted by atomic mass is 10.2. The van der Waals surface area contributed by atoms with Gasteiger partial charge in [0.05, 0.1) is 22.9 Å². The van der Waals surface area contributed by atoms with E-state index < -0.39 is 5.82 Å². The van der Waals surface area contributed by atoms with Crippen molar-refractivity contribution in [2.75, 3.05) is 42.9 Å². The Morgan fingerprint density at radius 2 is 1.88 bits per heavy atom. The van der Waals surface area contributed by atoms with Crippen LogP contribution in [0.1, 0.15) is 0 Å². The van der Waals surface area contributed by atoms with Gasteiger partial charge in [-0.15, -0.1) is 0 Å². The fraction of sp³-hybridized carbons (Fsp3) is 0.278. The van der Waals surface area contributed by atoms with Crippen molar-refractivity contribution in [2.24, 2.45) is 0 Å². The molecule has 1 amide bonds. The van der Waals surface area contributed by atoms with E-state index in [1.807, 2.05) is 17.0 Å². The van der Waals surface area contributed by atoms with E-state index in [4.69, 9.17) is 11.6 Å². The quantitative estimate of drug-likeness (QED) is 0.877. The second-order valence-corrected chi connectivity index (χ2v) is 6.33. The number of hydrogen-bond acceptors (Lipinski definition) is 4. The topological polar surface area (TPSA) is 55.8 Å². The fourth-order valence-electron chi connectivity index (χ4n) is 2.86. The van der Waals surface area contributed by atoms with Crippen molar-refractivity contribution in [3.05, 3.63) is 53.3 Å². The number of amides is 1. The molecule has 132 valence electrons. The van der Waals surface area contributed by atoms with Gasteiger partial charge in [-0.3, -0.25) is 9.69 Å². The molecular weight excluding hydrogens is 345 g/mol. The Labute approximate surface area is 150 Å². The SMILES string of the molecule is O=C(CN1CCN(c2ccccc2O)CC1)Nc1ccc(F)cc1Cl. The molecule has 2 N–H and O–H groups in total. The molecule has 1 aliphatic rings. The number of halogens is 2. The molecule has 0 atom stereocenters. The van der Waals surface area contributed by atoms with Gasteiger partial charge < -0.3 is 15.3 Å². The highest BCUT2D eigenvalue weighted by molar-refractivity contribution is 6.33. The predicted molar refractivity (Wildman–Crippen MR) is 96.8 cm³/mol. The molecule has 1 heterocycles. The van der Waals surface area contributed by atoms with Gasteiger partial charge in [0.15, 0.2) is 0 Å². The molecule has 5 nitrogen and oxygen atoms in total. The number of phenols is 1. The summed E-state index contributed by atoms with van der Waals surface area (Å²) in [5, 5.41) is 12.8. The molecular formula is C18H19ClFN3O2. The summed E-state index contributed by atoms with van der Waals surface area (Å²) >= 11 is 5.92. The van der Waals surface area contributed by atoms with E-state index in [0.29, 0.717) is 18.8 Å². The molecule has 0 aliphatic carbocycles. The highest BCUT2D eigenvalue weighted by Gasteiger charge is 2.21. The molecule has 0 saturated carbocycles. The third-order valence-electron chi connectivity index (χ3n) is 4.17. The molecule has 0 spiro atoms. The normalized spacial score (nSPS) is 15.2. The standard InChI is InChI=1S/C18H19ClFN3O2/c19-14-11-13(20)5-6-15(14)21-18(25)12-22-7-9-23(10-8-22)16-3-1-2-4-17(16)24/h1-6,11,24H,7-10,12H2,(H,21,25). The molecule has 2 aromatic rings. The molecule has 0 aromatic heterocycles. The molecule has 0 radical (unpaired) electrons. The van der Waals surface area contributed by atoms with E-state index in [2.05, 4.69) is 10.2 Å². The molecule has 1 fully saturated rings. The Morgan fingerprint density at radius 1 is 1.16 bits per heavy atom. The maximum Gasteiger partial charge on any atom is 0.238 e. The van der Waals surface area contributed by atoms with Crippen LogP contribution in [-0.4, -0.2) is 48.6 Å². The van der Waals surface area contributed by atoms with Crippen molar-refractivity contribution in [1.29, 1.82) is 0 Å². The van der Waals surface area contributed by atoms with E-state index >= 15 is 0 Å². The summed E-state index contributed by atoms with van der Waals surface area (Å²) in [5.41, 5.74) is 1.21. The Balaban J connectivity index is 1.52. The average molecular weight is 364 g/mol. The molecule has 3 rings (SSSR count). The first-order valence-corrected chi connectivity index (χ1v) is 8.41. The van der Waals surface area contributed by atoms with Crippen molar-refractivity contribution in [2.45, 2.75) is 0 Å². The van der Waals surface area contributed by atoms with Crippen LogP contribution in [0.4, 0.5) is 15.8 Å². The van der Waals surface area contributed by atoms with E-state index in [0.717, 1.165) is 18.8 Å². The van der Waals surface area contributed by atoms with Gasteiger partial charge >= 0.3 is 0 Å². The lowest BCUT2D eigenvalue weighted by molar-refractivity contribution is -0.117. The number of nitrogens with zero attached hydrogens (tertiary/aromatic N) is 2. The minimum Gasteiger partial charge on any atom is -0.506 e. The highest BCUT2D eigenvalue weighted by atomic mass is 35.5. The maximum absolute atomic E-state index is 13.0. The van der Waals surface area contributed by atoms with E-state index in [1.54, 1.807) is 12.1 Å². The first kappa shape index (κ1) is 17.5. The van der Waals surface area contributed by atoms with Crippen LogP contribution >= 0.6 is 11.6 Å². The summed E-state index contributed by atoms with van der Waals surface area (Å²) < 4.78 is 13.0. The number of hydrogen-bond donors (Lipinski definition) is 2. The summed E-state index contributed by atoms with van der Waals surface area (Å²) in [7, 11) is 0. The third-order valence-corrected chi connectivity index (χ3v) is 4.48. The second kappa shape index (κ2) is 7.72. The molecule has 0 unspecified atom stereocenters. The zero-order chi connectivity index (χ0) is 17.8. The number of rotatable bonds is 4. The number of piperazine rings is 1. The van der Waals surface area contributed by atoms with Crippen LogP contribution in [0.25, 0.3) is 0 Å². The molecule has 1 saturated heterocycles. The number of para-hydroxylation sites is 2. The predicted octanol–water partition coefficient (Wildman–Crippen LogP) is 2.95. The number of benzene rings is 2. The Hall–Kier alpha value is -2.31. The van der Waals surface area contributed by atoms with Crippen LogP contribution in [0.15, 0.2) is 42.5 Å². The zero-order valence-corrected chi connectivity index (χ0v) is 14.3. The van der Waals surface area contributed by atoms with Gasteiger partial charge in [-0.2, -0.15) is 0 Å². The monoisotopic (exact) mass is 363 g/mol. The lowest BCUT2D eigenvalue weighted by Crippen LogP contribution is -2.48. The minimum absolute atomic E-state index is 0.178. The summed E-state index contributed by atoms with van der Waals surface area (Å²) in [6, 6.07) is 11.1. The third kappa shape index (κ3) is 4.41. The van der Waals surface area contributed by atoms with Gasteiger partial charge in [0.1, 0.15) is 11.6 Å². The number of phenolic OH excluding ortho intramolecular Hbond substituents is 1. The first-order chi connectivity index (χ1) is 12.0. The van der Waals surface area contributed by atoms with Gasteiger partial charge in [0.25, 0.3) is 0 Å². The van der Waals surface area contributed by atoms with Crippen LogP contribution in [0.2, 0.25) is 5.02 Å². The largest absolute Gasteiger partial charge is 0.506 e. The molecule has 2 aromatic carbocycles. The molecule has 7 heteroatoms. The van der Waals surface area contributed by atoms with Gasteiger partial charge in [0, 0.05) is 26.2 Å². The number of aromatic hydroxyl groups is 1. The van der Waals surface area contributed by atoms with Gasteiger partial charge in [-0.05, 0) is 30.3 Å². The number of anilines is 2. The molecule has 1 aliphatic heterocycles. The van der Waals surface area contributed by atoms with Crippen LogP contribution in [0, 0.1) is 5.82 Å². The van der Waals surface area contributed by atoms with Crippen LogP contribution < -0.4 is 10.2 Å². The second-order valence-electron chi connectivity index (χ2n) is 5.92. The Morgan fingerprint density at radius 3 is 2.56 bits per heavy atom. The molecule has 0 bridgehead atoms. The van der Waals surface area contributed by atoms with Crippen molar-refractivity contribution in [3.8, 4) is 5.75 Å². The Bertz CT molecular complexity index is 764. The van der Waals surface area contributed by atoms with Gasteiger partial charge in [0.2, 0.25) is 5.91 Å². The summed E-state index contributed by atoms with van der Waals surface area (Å²) in [6.45, 7) is 3.10. The summed E-state index contributed by atoms with van der Waals surface area (Å²) in [6.07, 6.45) is 0. The average Bonchev–Trinajstić information content (AvgIpc) is 2.59. The minimum atomic E-state index is -0.441. The van der Waals surface area contributed by atoms with Crippen molar-refractivity contribution in [1.82, 2.24) is 4.90 Å². The number of carbonyl (C=O) groups is 1. The molecule has 25 heavy (non-hydrogen) atoms. The zero-order valence-electron chi connectivity index (χ0n) is 13.6.